The highest BCUT2D eigenvalue weighted by Gasteiger charge is 2.20. The van der Waals surface area contributed by atoms with Crippen molar-refractivity contribution in [3.8, 4) is 0 Å². The lowest BCUT2D eigenvalue weighted by molar-refractivity contribution is -0.150. The second-order valence-corrected chi connectivity index (χ2v) is 16.6. The van der Waals surface area contributed by atoms with Gasteiger partial charge in [-0.25, -0.2) is 0 Å². The quantitative estimate of drug-likeness (QED) is 0.0492. The van der Waals surface area contributed by atoms with E-state index in [9.17, 15) is 14.7 Å². The Hall–Kier alpha value is -1.14. The average Bonchev–Trinajstić information content (AvgIpc) is 3.17. The van der Waals surface area contributed by atoms with Crippen LogP contribution in [0.25, 0.3) is 0 Å². The minimum Gasteiger partial charge on any atom is -0.465 e. The number of nitrogens with zero attached hydrogens (tertiary/aromatic N) is 1. The molecule has 0 aromatic rings. The zero-order valence-corrected chi connectivity index (χ0v) is 37.0. The van der Waals surface area contributed by atoms with Gasteiger partial charge in [0.15, 0.2) is 0 Å². The minimum absolute atomic E-state index is 0.0544. The standard InChI is InChI=1S/C48H95NO5/c1-5-9-13-17-19-27-37-45(35-25-15-11-7-3)47(51)53-43-33-23-21-29-39-49(41-31-32-42-50)40-30-22-24-34-44-54-48(52)46(36-26-16-12-8-4)38-28-20-18-14-10-6-2/h45-46,50H,5-44H2,1-4H3/t45-,46-/m1/s1. The van der Waals surface area contributed by atoms with Crippen molar-refractivity contribution in [2.75, 3.05) is 39.5 Å². The maximum Gasteiger partial charge on any atom is 0.308 e. The first kappa shape index (κ1) is 52.9. The monoisotopic (exact) mass is 766 g/mol. The Kier molecular flexibility index (Phi) is 42.1. The van der Waals surface area contributed by atoms with Gasteiger partial charge in [-0.05, 0) is 83.8 Å². The normalized spacial score (nSPS) is 12.7. The molecular weight excluding hydrogens is 671 g/mol. The molecule has 6 nitrogen and oxygen atoms in total. The molecule has 322 valence electrons. The van der Waals surface area contributed by atoms with E-state index >= 15 is 0 Å². The Morgan fingerprint density at radius 3 is 1.02 bits per heavy atom. The highest BCUT2D eigenvalue weighted by molar-refractivity contribution is 5.72. The van der Waals surface area contributed by atoms with Gasteiger partial charge in [-0.1, -0.05) is 182 Å². The van der Waals surface area contributed by atoms with E-state index in [4.69, 9.17) is 9.47 Å². The summed E-state index contributed by atoms with van der Waals surface area (Å²) in [6, 6.07) is 0. The number of aliphatic hydroxyl groups excluding tert-OH is 1. The first-order valence-corrected chi connectivity index (χ1v) is 24.2. The number of ether oxygens (including phenoxy) is 2. The average molecular weight is 766 g/mol. The van der Waals surface area contributed by atoms with E-state index in [0.717, 1.165) is 122 Å². The van der Waals surface area contributed by atoms with E-state index in [1.807, 2.05) is 0 Å². The van der Waals surface area contributed by atoms with Gasteiger partial charge < -0.3 is 19.5 Å². The maximum absolute atomic E-state index is 13.0. The van der Waals surface area contributed by atoms with Crippen molar-refractivity contribution in [3.05, 3.63) is 0 Å². The molecule has 0 rings (SSSR count). The molecule has 0 bridgehead atoms. The summed E-state index contributed by atoms with van der Waals surface area (Å²) in [7, 11) is 0. The Balaban J connectivity index is 4.36. The summed E-state index contributed by atoms with van der Waals surface area (Å²) < 4.78 is 11.6. The lowest BCUT2D eigenvalue weighted by Crippen LogP contribution is -2.27. The lowest BCUT2D eigenvalue weighted by atomic mass is 9.94. The summed E-state index contributed by atoms with van der Waals surface area (Å²) in [5.74, 6) is 0.290. The van der Waals surface area contributed by atoms with Crippen LogP contribution in [-0.4, -0.2) is 61.4 Å². The summed E-state index contributed by atoms with van der Waals surface area (Å²) in [5.41, 5.74) is 0. The Bertz CT molecular complexity index is 718. The highest BCUT2D eigenvalue weighted by Crippen LogP contribution is 2.22. The molecule has 0 amide bonds. The molecular formula is C48H95NO5. The molecule has 0 saturated heterocycles. The summed E-state index contributed by atoms with van der Waals surface area (Å²) >= 11 is 0. The smallest absolute Gasteiger partial charge is 0.308 e. The van der Waals surface area contributed by atoms with Crippen LogP contribution in [0.4, 0.5) is 0 Å². The van der Waals surface area contributed by atoms with Gasteiger partial charge in [-0.3, -0.25) is 9.59 Å². The molecule has 1 N–H and O–H groups in total. The molecule has 0 fully saturated rings. The molecule has 0 aliphatic heterocycles. The van der Waals surface area contributed by atoms with Gasteiger partial charge in [0.2, 0.25) is 0 Å². The zero-order chi connectivity index (χ0) is 39.6. The third-order valence-electron chi connectivity index (χ3n) is 11.4. The van der Waals surface area contributed by atoms with Gasteiger partial charge in [0.1, 0.15) is 0 Å². The van der Waals surface area contributed by atoms with Crippen LogP contribution in [0.5, 0.6) is 0 Å². The number of hydrogen-bond donors (Lipinski definition) is 1. The number of carbonyl (C=O) groups is 2. The number of unbranched alkanes of at least 4 members (excludes halogenated alkanes) is 23. The van der Waals surface area contributed by atoms with Crippen LogP contribution in [0.15, 0.2) is 0 Å². The predicted octanol–water partition coefficient (Wildman–Crippen LogP) is 13.9. The van der Waals surface area contributed by atoms with Crippen LogP contribution < -0.4 is 0 Å². The fourth-order valence-electron chi connectivity index (χ4n) is 7.68. The molecule has 0 aromatic carbocycles. The largest absolute Gasteiger partial charge is 0.465 e. The topological polar surface area (TPSA) is 76.1 Å². The van der Waals surface area contributed by atoms with Gasteiger partial charge in [0, 0.05) is 6.61 Å². The summed E-state index contributed by atoms with van der Waals surface area (Å²) in [6.45, 7) is 13.6. The molecule has 0 aliphatic rings. The van der Waals surface area contributed by atoms with Gasteiger partial charge in [-0.15, -0.1) is 0 Å². The van der Waals surface area contributed by atoms with Crippen LogP contribution in [-0.2, 0) is 19.1 Å². The number of hydrogen-bond acceptors (Lipinski definition) is 6. The third kappa shape index (κ3) is 35.3. The molecule has 54 heavy (non-hydrogen) atoms. The summed E-state index contributed by atoms with van der Waals surface area (Å²) in [4.78, 5) is 28.5. The Morgan fingerprint density at radius 2 is 0.667 bits per heavy atom. The highest BCUT2D eigenvalue weighted by atomic mass is 16.5. The SMILES string of the molecule is CCCCCCCC[C@@H](CCCCCC)C(=O)OCCCCCCN(CCCCO)CCCCCCOC(=O)[C@H](CCCCCC)CCCCCCCC. The Morgan fingerprint density at radius 1 is 0.389 bits per heavy atom. The van der Waals surface area contributed by atoms with Crippen LogP contribution in [0.3, 0.4) is 0 Å². The van der Waals surface area contributed by atoms with E-state index in [1.165, 1.54) is 116 Å². The molecule has 0 aliphatic carbocycles. The first-order valence-electron chi connectivity index (χ1n) is 24.2. The predicted molar refractivity (Wildman–Crippen MR) is 232 cm³/mol. The third-order valence-corrected chi connectivity index (χ3v) is 11.4. The fraction of sp³-hybridized carbons (Fsp3) is 0.958. The van der Waals surface area contributed by atoms with Gasteiger partial charge >= 0.3 is 11.9 Å². The van der Waals surface area contributed by atoms with Crippen LogP contribution in [0.2, 0.25) is 0 Å². The molecule has 0 spiro atoms. The first-order chi connectivity index (χ1) is 26.5. The number of esters is 2. The van der Waals surface area contributed by atoms with Crippen LogP contribution in [0.1, 0.15) is 246 Å². The van der Waals surface area contributed by atoms with Crippen molar-refractivity contribution in [1.82, 2.24) is 4.90 Å². The van der Waals surface area contributed by atoms with Crippen molar-refractivity contribution in [2.45, 2.75) is 246 Å². The molecule has 0 saturated carbocycles. The molecule has 0 radical (unpaired) electrons. The summed E-state index contributed by atoms with van der Waals surface area (Å²) in [6.07, 6.45) is 39.6. The minimum atomic E-state index is 0.0544. The second kappa shape index (κ2) is 43.0. The second-order valence-electron chi connectivity index (χ2n) is 16.6. The van der Waals surface area contributed by atoms with E-state index in [1.54, 1.807) is 0 Å². The molecule has 6 heteroatoms. The molecule has 2 atom stereocenters. The summed E-state index contributed by atoms with van der Waals surface area (Å²) in [5, 5.41) is 9.32. The van der Waals surface area contributed by atoms with Gasteiger partial charge in [-0.2, -0.15) is 0 Å². The lowest BCUT2D eigenvalue weighted by Gasteiger charge is -2.22. The van der Waals surface area contributed by atoms with Gasteiger partial charge in [0.05, 0.1) is 25.0 Å². The maximum atomic E-state index is 13.0. The van der Waals surface area contributed by atoms with E-state index < -0.39 is 0 Å². The van der Waals surface area contributed by atoms with Crippen molar-refractivity contribution in [3.63, 3.8) is 0 Å². The number of carbonyl (C=O) groups excluding carboxylic acids is 2. The van der Waals surface area contributed by atoms with E-state index in [-0.39, 0.29) is 30.4 Å². The van der Waals surface area contributed by atoms with Crippen LogP contribution in [0, 0.1) is 11.8 Å². The molecule has 0 heterocycles. The zero-order valence-electron chi connectivity index (χ0n) is 37.0. The van der Waals surface area contributed by atoms with Crippen molar-refractivity contribution >= 4 is 11.9 Å². The number of rotatable bonds is 44. The van der Waals surface area contributed by atoms with E-state index in [2.05, 4.69) is 32.6 Å². The molecule has 0 unspecified atom stereocenters. The van der Waals surface area contributed by atoms with Crippen LogP contribution >= 0.6 is 0 Å². The van der Waals surface area contributed by atoms with Crippen molar-refractivity contribution in [2.24, 2.45) is 11.8 Å². The van der Waals surface area contributed by atoms with Gasteiger partial charge in [0.25, 0.3) is 0 Å². The van der Waals surface area contributed by atoms with Crippen molar-refractivity contribution < 1.29 is 24.2 Å². The number of aliphatic hydroxyl groups is 1. The van der Waals surface area contributed by atoms with E-state index in [0.29, 0.717) is 13.2 Å². The van der Waals surface area contributed by atoms with Crippen molar-refractivity contribution in [1.29, 1.82) is 0 Å². The fourth-order valence-corrected chi connectivity index (χ4v) is 7.68. The molecule has 0 aromatic heterocycles. The Labute approximate surface area is 337 Å².